The van der Waals surface area contributed by atoms with Crippen molar-refractivity contribution in [1.82, 2.24) is 0 Å². The van der Waals surface area contributed by atoms with Crippen LogP contribution in [-0.4, -0.2) is 24.2 Å². The van der Waals surface area contributed by atoms with Gasteiger partial charge in [0.2, 0.25) is 0 Å². The highest BCUT2D eigenvalue weighted by molar-refractivity contribution is 7.00. The molecule has 0 spiro atoms. The maximum absolute atomic E-state index is 4.34. The first-order valence-corrected chi connectivity index (χ1v) is 23.1. The van der Waals surface area contributed by atoms with Gasteiger partial charge in [-0.05, 0) is 48.9 Å². The summed E-state index contributed by atoms with van der Waals surface area (Å²) in [5.74, 6) is 0. The minimum atomic E-state index is -1.68. The van der Waals surface area contributed by atoms with Gasteiger partial charge in [0.15, 0.2) is 0 Å². The van der Waals surface area contributed by atoms with Crippen LogP contribution in [0.2, 0.25) is 64.5 Å². The van der Waals surface area contributed by atoms with Crippen LogP contribution in [0.25, 0.3) is 0 Å². The summed E-state index contributed by atoms with van der Waals surface area (Å²) in [6.07, 6.45) is 4.47. The van der Waals surface area contributed by atoms with Crippen LogP contribution in [0, 0.1) is 0 Å². The Morgan fingerprint density at radius 3 is 1.12 bits per heavy atom. The second kappa shape index (κ2) is 11.3. The van der Waals surface area contributed by atoms with Crippen molar-refractivity contribution in [3.63, 3.8) is 0 Å². The average molecular weight is 493 g/mol. The van der Waals surface area contributed by atoms with Crippen molar-refractivity contribution >= 4 is 34.6 Å². The molecule has 2 aromatic carbocycles. The van der Waals surface area contributed by atoms with E-state index >= 15 is 0 Å². The molecule has 0 fully saturated rings. The van der Waals surface area contributed by atoms with Crippen LogP contribution in [0.1, 0.15) is 24.0 Å². The first-order valence-electron chi connectivity index (χ1n) is 12.7. The Bertz CT molecular complexity index is 843. The number of hydrogen-bond donors (Lipinski definition) is 0. The van der Waals surface area contributed by atoms with Crippen LogP contribution in [-0.2, 0) is 12.8 Å². The summed E-state index contributed by atoms with van der Waals surface area (Å²) in [5.41, 5.74) is 5.73. The fraction of sp³-hybridized carbons (Fsp3) is 0.467. The Kier molecular flexibility index (Phi) is 9.55. The molecule has 0 atom stereocenters. The number of hydrogen-bond acceptors (Lipinski definition) is 0. The van der Waals surface area contributed by atoms with Gasteiger partial charge in [-0.2, -0.15) is 0 Å². The lowest BCUT2D eigenvalue weighted by Crippen LogP contribution is -2.52. The Labute approximate surface area is 208 Å². The van der Waals surface area contributed by atoms with Crippen LogP contribution < -0.4 is 10.4 Å². The van der Waals surface area contributed by atoms with E-state index in [1.165, 1.54) is 44.7 Å². The van der Waals surface area contributed by atoms with Gasteiger partial charge in [-0.15, -0.1) is 13.2 Å². The van der Waals surface area contributed by atoms with Gasteiger partial charge in [0.05, 0.1) is 0 Å². The molecule has 0 radical (unpaired) electrons. The maximum Gasteiger partial charge on any atom is 0.112 e. The molecule has 0 unspecified atom stereocenters. The number of allylic oxidation sites excluding steroid dienone is 2. The van der Waals surface area contributed by atoms with Gasteiger partial charge in [-0.3, -0.25) is 0 Å². The van der Waals surface area contributed by atoms with E-state index in [9.17, 15) is 0 Å². The number of benzene rings is 2. The van der Waals surface area contributed by atoms with Crippen molar-refractivity contribution in [3.05, 3.63) is 84.0 Å². The molecule has 33 heavy (non-hydrogen) atoms. The lowest BCUT2D eigenvalue weighted by Gasteiger charge is -2.24. The van der Waals surface area contributed by atoms with E-state index in [2.05, 4.69) is 114 Å². The van der Waals surface area contributed by atoms with Gasteiger partial charge < -0.3 is 0 Å². The lowest BCUT2D eigenvalue weighted by molar-refractivity contribution is 0.939. The number of aryl methyl sites for hydroxylation is 2. The Balaban J connectivity index is 1.97. The predicted molar refractivity (Wildman–Crippen MR) is 161 cm³/mol. The third-order valence-electron chi connectivity index (χ3n) is 6.45. The summed E-state index contributed by atoms with van der Waals surface area (Å²) < 4.78 is 0. The highest BCUT2D eigenvalue weighted by Gasteiger charge is 2.25. The van der Waals surface area contributed by atoms with E-state index in [1.54, 1.807) is 0 Å². The van der Waals surface area contributed by atoms with Crippen LogP contribution in [0.3, 0.4) is 0 Å². The smallest absolute Gasteiger partial charge is 0.100 e. The van der Waals surface area contributed by atoms with Crippen molar-refractivity contribution in [1.29, 1.82) is 0 Å². The van der Waals surface area contributed by atoms with E-state index in [-0.39, 0.29) is 0 Å². The highest BCUT2D eigenvalue weighted by atomic mass is 28.3. The molecule has 2 aromatic rings. The Hall–Kier alpha value is -1.43. The summed E-state index contributed by atoms with van der Waals surface area (Å²) in [4.78, 5) is 0. The molecule has 3 heteroatoms. The molecule has 0 N–H and O–H groups in total. The summed E-state index contributed by atoms with van der Waals surface area (Å²) in [7, 11) is -3.78. The molecule has 0 aliphatic heterocycles. The molecule has 0 amide bonds. The molecule has 0 aromatic heterocycles. The molecule has 180 valence electrons. The molecule has 2 rings (SSSR count). The van der Waals surface area contributed by atoms with E-state index in [4.69, 9.17) is 0 Å². The molecule has 0 saturated carbocycles. The quantitative estimate of drug-likeness (QED) is 0.207. The van der Waals surface area contributed by atoms with Gasteiger partial charge in [-0.25, -0.2) is 0 Å². The normalized spacial score (nSPS) is 12.6. The van der Waals surface area contributed by atoms with Crippen LogP contribution in [0.5, 0.6) is 0 Å². The average Bonchev–Trinajstić information content (AvgIpc) is 2.69. The summed E-state index contributed by atoms with van der Waals surface area (Å²) >= 11 is 0. The van der Waals surface area contributed by atoms with Crippen LogP contribution in [0.4, 0.5) is 0 Å². The molecule has 0 nitrogen and oxygen atoms in total. The summed E-state index contributed by atoms with van der Waals surface area (Å²) in [6.45, 7) is 28.2. The third kappa shape index (κ3) is 9.76. The third-order valence-corrected chi connectivity index (χ3v) is 13.1. The lowest BCUT2D eigenvalue weighted by atomic mass is 10.1. The topological polar surface area (TPSA) is 0 Å². The fourth-order valence-corrected chi connectivity index (χ4v) is 10.3. The molecular weight excluding hydrogens is 445 g/mol. The fourth-order valence-electron chi connectivity index (χ4n) is 4.66. The van der Waals surface area contributed by atoms with Gasteiger partial charge >= 0.3 is 0 Å². The predicted octanol–water partition coefficient (Wildman–Crippen LogP) is 8.16. The van der Waals surface area contributed by atoms with Gasteiger partial charge in [-0.1, -0.05) is 122 Å². The SMILES string of the molecule is C=C(CCc1ccc([Si](C)(C)c2ccc(CCC(=C)C[Si](C)(C)C)cc2)cc1)C[Si](C)(C)C. The maximum atomic E-state index is 4.34. The molecular formula is C30H48Si3. The molecule has 0 bridgehead atoms. The molecule has 0 aliphatic rings. The molecule has 0 saturated heterocycles. The second-order valence-electron chi connectivity index (χ2n) is 13.0. The van der Waals surface area contributed by atoms with Crippen LogP contribution in [0.15, 0.2) is 72.8 Å². The van der Waals surface area contributed by atoms with E-state index in [1.807, 2.05) is 0 Å². The Morgan fingerprint density at radius 2 is 0.848 bits per heavy atom. The minimum Gasteiger partial charge on any atom is -0.100 e. The zero-order valence-electron chi connectivity index (χ0n) is 22.8. The van der Waals surface area contributed by atoms with E-state index in [0.717, 1.165) is 25.7 Å². The molecule has 0 heterocycles. The standard InChI is InChI=1S/C30H48Si3/c1-25(23-31(3,4)5)11-13-27-15-19-29(20-16-27)33(9,10)30-21-17-28(18-22-30)14-12-26(2)24-32(6,7)8/h15-22H,1-2,11-14,23-24H2,3-10H3. The monoisotopic (exact) mass is 492 g/mol. The van der Waals surface area contributed by atoms with Crippen molar-refractivity contribution < 1.29 is 0 Å². The second-order valence-corrected chi connectivity index (χ2v) is 28.3. The summed E-state index contributed by atoms with van der Waals surface area (Å²) in [6, 6.07) is 21.4. The zero-order valence-corrected chi connectivity index (χ0v) is 25.8. The number of rotatable bonds is 12. The minimum absolute atomic E-state index is 1.05. The Morgan fingerprint density at radius 1 is 0.545 bits per heavy atom. The first kappa shape index (κ1) is 27.8. The zero-order chi connectivity index (χ0) is 24.9. The highest BCUT2D eigenvalue weighted by Crippen LogP contribution is 2.20. The molecule has 0 aliphatic carbocycles. The largest absolute Gasteiger partial charge is 0.112 e. The van der Waals surface area contributed by atoms with Crippen molar-refractivity contribution in [2.24, 2.45) is 0 Å². The van der Waals surface area contributed by atoms with Gasteiger partial charge in [0.25, 0.3) is 0 Å². The van der Waals surface area contributed by atoms with Crippen molar-refractivity contribution in [3.8, 4) is 0 Å². The van der Waals surface area contributed by atoms with Crippen LogP contribution >= 0.6 is 0 Å². The first-order chi connectivity index (χ1) is 15.2. The van der Waals surface area contributed by atoms with E-state index in [0.29, 0.717) is 0 Å². The van der Waals surface area contributed by atoms with Crippen molar-refractivity contribution in [2.45, 2.75) is 90.1 Å². The van der Waals surface area contributed by atoms with E-state index < -0.39 is 24.2 Å². The van der Waals surface area contributed by atoms with Crippen molar-refractivity contribution in [2.75, 3.05) is 0 Å². The van der Waals surface area contributed by atoms with Gasteiger partial charge in [0.1, 0.15) is 8.07 Å². The van der Waals surface area contributed by atoms with Gasteiger partial charge in [0, 0.05) is 16.1 Å². The summed E-state index contributed by atoms with van der Waals surface area (Å²) in [5, 5.41) is 3.03.